The summed E-state index contributed by atoms with van der Waals surface area (Å²) in [5, 5.41) is 0. The van der Waals surface area contributed by atoms with E-state index in [2.05, 4.69) is 39.2 Å². The summed E-state index contributed by atoms with van der Waals surface area (Å²) in [6, 6.07) is 0. The molecule has 0 aliphatic carbocycles. The van der Waals surface area contributed by atoms with E-state index in [0.29, 0.717) is 5.41 Å². The van der Waals surface area contributed by atoms with Crippen LogP contribution in [-0.2, 0) is 0 Å². The van der Waals surface area contributed by atoms with E-state index >= 15 is 0 Å². The van der Waals surface area contributed by atoms with Gasteiger partial charge in [0.15, 0.2) is 0 Å². The van der Waals surface area contributed by atoms with E-state index in [-0.39, 0.29) is 0 Å². The van der Waals surface area contributed by atoms with Gasteiger partial charge in [-0.25, -0.2) is 0 Å². The highest BCUT2D eigenvalue weighted by molar-refractivity contribution is 4.93. The molecule has 0 saturated carbocycles. The third-order valence-electron chi connectivity index (χ3n) is 3.19. The van der Waals surface area contributed by atoms with Gasteiger partial charge >= 0.3 is 0 Å². The second kappa shape index (κ2) is 3.73. The maximum absolute atomic E-state index is 4.02. The van der Waals surface area contributed by atoms with Crippen molar-refractivity contribution in [1.82, 2.24) is 4.90 Å². The van der Waals surface area contributed by atoms with Crippen LogP contribution in [0.5, 0.6) is 0 Å². The molecule has 1 aliphatic heterocycles. The van der Waals surface area contributed by atoms with E-state index in [0.717, 1.165) is 5.92 Å². The molecule has 0 aromatic rings. The number of allylic oxidation sites excluding steroid dienone is 1. The van der Waals surface area contributed by atoms with Gasteiger partial charge in [0.25, 0.3) is 0 Å². The van der Waals surface area contributed by atoms with Crippen LogP contribution in [0.4, 0.5) is 0 Å². The fraction of sp³-hybridized carbons (Fsp3) is 0.833. The number of rotatable bonds is 1. The number of nitrogens with zero attached hydrogens (tertiary/aromatic N) is 1. The standard InChI is InChI=1S/C12H23N/c1-10(2)13-8-6-7-11(9-13)12(3,4)5/h11H,1,6-9H2,2-5H3. The first-order valence-electron chi connectivity index (χ1n) is 5.31. The molecule has 1 nitrogen and oxygen atoms in total. The van der Waals surface area contributed by atoms with Crippen LogP contribution in [0.1, 0.15) is 40.5 Å². The molecule has 1 atom stereocenters. The minimum atomic E-state index is 0.452. The number of piperidine rings is 1. The van der Waals surface area contributed by atoms with Gasteiger partial charge < -0.3 is 4.90 Å². The van der Waals surface area contributed by atoms with Crippen LogP contribution in [0.2, 0.25) is 0 Å². The highest BCUT2D eigenvalue weighted by atomic mass is 15.1. The highest BCUT2D eigenvalue weighted by Gasteiger charge is 2.29. The fourth-order valence-corrected chi connectivity index (χ4v) is 2.03. The first-order chi connectivity index (χ1) is 5.91. The Morgan fingerprint density at radius 1 is 1.38 bits per heavy atom. The molecule has 0 aromatic heterocycles. The van der Waals surface area contributed by atoms with Crippen LogP contribution < -0.4 is 0 Å². The van der Waals surface area contributed by atoms with Crippen LogP contribution in [0.3, 0.4) is 0 Å². The maximum Gasteiger partial charge on any atom is 0.0208 e. The van der Waals surface area contributed by atoms with Gasteiger partial charge in [0.1, 0.15) is 0 Å². The first kappa shape index (κ1) is 10.6. The molecular weight excluding hydrogens is 158 g/mol. The SMILES string of the molecule is C=C(C)N1CCCC(C(C)(C)C)C1. The Kier molecular flexibility index (Phi) is 3.05. The van der Waals surface area contributed by atoms with Crippen molar-refractivity contribution in [3.8, 4) is 0 Å². The second-order valence-electron chi connectivity index (χ2n) is 5.39. The first-order valence-corrected chi connectivity index (χ1v) is 5.31. The van der Waals surface area contributed by atoms with E-state index in [9.17, 15) is 0 Å². The summed E-state index contributed by atoms with van der Waals surface area (Å²) in [6.07, 6.45) is 2.71. The lowest BCUT2D eigenvalue weighted by Gasteiger charge is -2.40. The van der Waals surface area contributed by atoms with E-state index in [1.165, 1.54) is 31.6 Å². The van der Waals surface area contributed by atoms with E-state index < -0.39 is 0 Å². The van der Waals surface area contributed by atoms with Gasteiger partial charge in [-0.05, 0) is 31.1 Å². The van der Waals surface area contributed by atoms with Crippen molar-refractivity contribution in [1.29, 1.82) is 0 Å². The molecule has 1 aliphatic rings. The van der Waals surface area contributed by atoms with Crippen LogP contribution in [0, 0.1) is 11.3 Å². The van der Waals surface area contributed by atoms with Crippen LogP contribution in [0.25, 0.3) is 0 Å². The Balaban J connectivity index is 2.57. The van der Waals surface area contributed by atoms with Gasteiger partial charge in [0.05, 0.1) is 0 Å². The lowest BCUT2D eigenvalue weighted by molar-refractivity contribution is 0.122. The molecule has 1 rings (SSSR count). The summed E-state index contributed by atoms with van der Waals surface area (Å²) < 4.78 is 0. The minimum Gasteiger partial charge on any atom is -0.375 e. The predicted octanol–water partition coefficient (Wildman–Crippen LogP) is 3.28. The Bertz CT molecular complexity index is 188. The Morgan fingerprint density at radius 2 is 2.00 bits per heavy atom. The molecule has 0 bridgehead atoms. The molecule has 1 saturated heterocycles. The predicted molar refractivity (Wildman–Crippen MR) is 58.6 cm³/mol. The molecular formula is C12H23N. The molecule has 1 heteroatoms. The van der Waals surface area contributed by atoms with Gasteiger partial charge in [0, 0.05) is 18.8 Å². The van der Waals surface area contributed by atoms with Gasteiger partial charge in [-0.15, -0.1) is 0 Å². The number of hydrogen-bond donors (Lipinski definition) is 0. The van der Waals surface area contributed by atoms with Crippen molar-refractivity contribution in [2.24, 2.45) is 11.3 Å². The smallest absolute Gasteiger partial charge is 0.0208 e. The van der Waals surface area contributed by atoms with Gasteiger partial charge in [-0.1, -0.05) is 27.4 Å². The number of likely N-dealkylation sites (tertiary alicyclic amines) is 1. The Morgan fingerprint density at radius 3 is 2.46 bits per heavy atom. The summed E-state index contributed by atoms with van der Waals surface area (Å²) in [5.74, 6) is 0.831. The van der Waals surface area contributed by atoms with Crippen molar-refractivity contribution in [2.45, 2.75) is 40.5 Å². The average Bonchev–Trinajstić information content (AvgIpc) is 2.03. The average molecular weight is 181 g/mol. The molecule has 1 fully saturated rings. The number of hydrogen-bond acceptors (Lipinski definition) is 1. The normalized spacial score (nSPS) is 24.6. The molecule has 0 amide bonds. The molecule has 0 N–H and O–H groups in total. The topological polar surface area (TPSA) is 3.24 Å². The fourth-order valence-electron chi connectivity index (χ4n) is 2.03. The summed E-state index contributed by atoms with van der Waals surface area (Å²) in [6.45, 7) is 15.6. The Labute approximate surface area is 82.8 Å². The van der Waals surface area contributed by atoms with Gasteiger partial charge in [-0.2, -0.15) is 0 Å². The van der Waals surface area contributed by atoms with Crippen LogP contribution in [0.15, 0.2) is 12.3 Å². The third kappa shape index (κ3) is 2.75. The maximum atomic E-state index is 4.02. The minimum absolute atomic E-state index is 0.452. The Hall–Kier alpha value is -0.460. The largest absolute Gasteiger partial charge is 0.375 e. The molecule has 13 heavy (non-hydrogen) atoms. The second-order valence-corrected chi connectivity index (χ2v) is 5.39. The molecule has 1 heterocycles. The third-order valence-corrected chi connectivity index (χ3v) is 3.19. The van der Waals surface area contributed by atoms with Crippen LogP contribution in [-0.4, -0.2) is 18.0 Å². The highest BCUT2D eigenvalue weighted by Crippen LogP contribution is 2.33. The molecule has 0 spiro atoms. The van der Waals surface area contributed by atoms with Gasteiger partial charge in [0.2, 0.25) is 0 Å². The van der Waals surface area contributed by atoms with Crippen molar-refractivity contribution in [3.05, 3.63) is 12.3 Å². The zero-order valence-corrected chi connectivity index (χ0v) is 9.56. The lowest BCUT2D eigenvalue weighted by Crippen LogP contribution is -2.39. The van der Waals surface area contributed by atoms with Crippen molar-refractivity contribution >= 4 is 0 Å². The zero-order valence-electron chi connectivity index (χ0n) is 9.56. The molecule has 0 aromatic carbocycles. The van der Waals surface area contributed by atoms with Crippen molar-refractivity contribution in [2.75, 3.05) is 13.1 Å². The molecule has 76 valence electrons. The summed E-state index contributed by atoms with van der Waals surface area (Å²) in [4.78, 5) is 2.43. The molecule has 0 radical (unpaired) electrons. The quantitative estimate of drug-likeness (QED) is 0.600. The summed E-state index contributed by atoms with van der Waals surface area (Å²) in [5.41, 5.74) is 1.68. The van der Waals surface area contributed by atoms with E-state index in [4.69, 9.17) is 0 Å². The van der Waals surface area contributed by atoms with E-state index in [1.807, 2.05) is 0 Å². The summed E-state index contributed by atoms with van der Waals surface area (Å²) in [7, 11) is 0. The molecule has 1 unspecified atom stereocenters. The van der Waals surface area contributed by atoms with Crippen LogP contribution >= 0.6 is 0 Å². The van der Waals surface area contributed by atoms with E-state index in [1.54, 1.807) is 0 Å². The van der Waals surface area contributed by atoms with Crippen molar-refractivity contribution < 1.29 is 0 Å². The zero-order chi connectivity index (χ0) is 10.1. The summed E-state index contributed by atoms with van der Waals surface area (Å²) >= 11 is 0. The van der Waals surface area contributed by atoms with Crippen molar-refractivity contribution in [3.63, 3.8) is 0 Å². The monoisotopic (exact) mass is 181 g/mol. The lowest BCUT2D eigenvalue weighted by atomic mass is 9.76. The van der Waals surface area contributed by atoms with Gasteiger partial charge in [-0.3, -0.25) is 0 Å².